The van der Waals surface area contributed by atoms with Gasteiger partial charge in [0.25, 0.3) is 0 Å². The van der Waals surface area contributed by atoms with Gasteiger partial charge in [0.15, 0.2) is 11.5 Å². The number of amides is 1. The maximum Gasteiger partial charge on any atom is 0.240 e. The van der Waals surface area contributed by atoms with Crippen LogP contribution in [-0.4, -0.2) is 39.4 Å². The van der Waals surface area contributed by atoms with Crippen molar-refractivity contribution in [1.82, 2.24) is 5.32 Å². The van der Waals surface area contributed by atoms with Crippen molar-refractivity contribution in [1.29, 1.82) is 0 Å². The minimum atomic E-state index is -0.441. The van der Waals surface area contributed by atoms with Crippen LogP contribution in [0.5, 0.6) is 11.5 Å². The molecule has 2 unspecified atom stereocenters. The van der Waals surface area contributed by atoms with E-state index in [-0.39, 0.29) is 11.8 Å². The molecule has 28 heavy (non-hydrogen) atoms. The molecule has 6 nitrogen and oxygen atoms in total. The van der Waals surface area contributed by atoms with Gasteiger partial charge in [-0.1, -0.05) is 19.1 Å². The molecular formula is C22H27N3O3. The first-order valence-corrected chi connectivity index (χ1v) is 9.71. The Labute approximate surface area is 165 Å². The first-order valence-electron chi connectivity index (χ1n) is 9.71. The van der Waals surface area contributed by atoms with Crippen molar-refractivity contribution in [3.8, 4) is 11.5 Å². The van der Waals surface area contributed by atoms with Crippen LogP contribution in [0, 0.1) is 0 Å². The van der Waals surface area contributed by atoms with Gasteiger partial charge in [0, 0.05) is 11.8 Å². The van der Waals surface area contributed by atoms with E-state index in [9.17, 15) is 4.79 Å². The smallest absolute Gasteiger partial charge is 0.240 e. The molecule has 2 aromatic carbocycles. The van der Waals surface area contributed by atoms with Crippen LogP contribution in [0.3, 0.4) is 0 Å². The van der Waals surface area contributed by atoms with Crippen LogP contribution in [0.15, 0.2) is 36.4 Å². The average molecular weight is 381 g/mol. The van der Waals surface area contributed by atoms with Crippen LogP contribution in [0.1, 0.15) is 30.4 Å². The third-order valence-corrected chi connectivity index (χ3v) is 5.95. The minimum Gasteiger partial charge on any atom is -0.493 e. The summed E-state index contributed by atoms with van der Waals surface area (Å²) in [5.41, 5.74) is 3.78. The molecule has 2 bridgehead atoms. The molecule has 0 spiro atoms. The number of β-lactam (4-membered cyclic amide) rings is 1. The summed E-state index contributed by atoms with van der Waals surface area (Å²) in [7, 11) is 5.19. The van der Waals surface area contributed by atoms with E-state index in [2.05, 4.69) is 41.8 Å². The molecular weight excluding hydrogens is 354 g/mol. The number of nitrogens with one attached hydrogen (secondary N) is 2. The lowest BCUT2D eigenvalue weighted by Gasteiger charge is -2.51. The van der Waals surface area contributed by atoms with E-state index < -0.39 is 5.66 Å². The fraction of sp³-hybridized carbons (Fsp3) is 0.409. The Bertz CT molecular complexity index is 854. The number of hydrogen-bond donors (Lipinski definition) is 2. The van der Waals surface area contributed by atoms with Crippen molar-refractivity contribution in [2.75, 3.05) is 38.0 Å². The van der Waals surface area contributed by atoms with Crippen LogP contribution >= 0.6 is 0 Å². The molecule has 0 saturated carbocycles. The van der Waals surface area contributed by atoms with Gasteiger partial charge >= 0.3 is 0 Å². The van der Waals surface area contributed by atoms with Crippen molar-refractivity contribution in [3.63, 3.8) is 0 Å². The Hall–Kier alpha value is -2.73. The zero-order chi connectivity index (χ0) is 19.9. The summed E-state index contributed by atoms with van der Waals surface area (Å²) < 4.78 is 10.9. The van der Waals surface area contributed by atoms with E-state index in [4.69, 9.17) is 9.47 Å². The third kappa shape index (κ3) is 2.55. The Morgan fingerprint density at radius 3 is 2.39 bits per heavy atom. The van der Waals surface area contributed by atoms with Crippen molar-refractivity contribution < 1.29 is 14.3 Å². The normalized spacial score (nSPS) is 21.9. The molecule has 4 rings (SSSR count). The minimum absolute atomic E-state index is 0.130. The summed E-state index contributed by atoms with van der Waals surface area (Å²) >= 11 is 0. The molecule has 2 aliphatic rings. The maximum absolute atomic E-state index is 12.8. The lowest BCUT2D eigenvalue weighted by atomic mass is 9.79. The van der Waals surface area contributed by atoms with Crippen LogP contribution in [0.4, 0.5) is 11.4 Å². The summed E-state index contributed by atoms with van der Waals surface area (Å²) in [6, 6.07) is 12.3. The van der Waals surface area contributed by atoms with Gasteiger partial charge in [0.05, 0.1) is 19.9 Å². The van der Waals surface area contributed by atoms with E-state index >= 15 is 0 Å². The predicted octanol–water partition coefficient (Wildman–Crippen LogP) is 3.13. The summed E-state index contributed by atoms with van der Waals surface area (Å²) in [5, 5.41) is 6.82. The first-order chi connectivity index (χ1) is 13.6. The van der Waals surface area contributed by atoms with Gasteiger partial charge in [-0.05, 0) is 55.8 Å². The fourth-order valence-corrected chi connectivity index (χ4v) is 4.48. The molecule has 2 heterocycles. The number of nitrogens with zero attached hydrogens (tertiary/aromatic N) is 1. The zero-order valence-electron chi connectivity index (χ0n) is 16.8. The quantitative estimate of drug-likeness (QED) is 0.688. The topological polar surface area (TPSA) is 62.8 Å². The Kier molecular flexibility index (Phi) is 4.67. The highest BCUT2D eigenvalue weighted by Gasteiger charge is 2.67. The number of fused-ring (bicyclic) bond motifs is 5. The Balaban J connectivity index is 1.64. The molecule has 2 aliphatic heterocycles. The largest absolute Gasteiger partial charge is 0.493 e. The highest BCUT2D eigenvalue weighted by molar-refractivity contribution is 6.16. The highest BCUT2D eigenvalue weighted by atomic mass is 16.5. The monoisotopic (exact) mass is 381 g/mol. The van der Waals surface area contributed by atoms with Gasteiger partial charge in [0.2, 0.25) is 5.91 Å². The number of benzene rings is 2. The van der Waals surface area contributed by atoms with Crippen molar-refractivity contribution in [3.05, 3.63) is 47.5 Å². The van der Waals surface area contributed by atoms with Crippen LogP contribution in [0.2, 0.25) is 0 Å². The molecule has 1 fully saturated rings. The first kappa shape index (κ1) is 18.6. The average Bonchev–Trinajstić information content (AvgIpc) is 3.18. The van der Waals surface area contributed by atoms with Crippen LogP contribution in [-0.2, 0) is 11.2 Å². The molecule has 2 atom stereocenters. The van der Waals surface area contributed by atoms with Gasteiger partial charge in [-0.2, -0.15) is 0 Å². The number of rotatable bonds is 8. The van der Waals surface area contributed by atoms with Gasteiger partial charge < -0.3 is 20.1 Å². The molecule has 1 saturated heterocycles. The standard InChI is InChI=1S/C22H27N3O3/c1-5-22(24-15-8-6-14(7-9-15)10-11-23-2)20-16-12-18(27-3)19(28-4)13-17(16)25(22)21(20)26/h6-9,12-13,20,23-24H,5,10-11H2,1-4H3. The summed E-state index contributed by atoms with van der Waals surface area (Å²) in [6.45, 7) is 3.07. The second-order valence-electron chi connectivity index (χ2n) is 7.33. The third-order valence-electron chi connectivity index (χ3n) is 5.95. The van der Waals surface area contributed by atoms with Gasteiger partial charge in [0.1, 0.15) is 11.6 Å². The number of carbonyl (C=O) groups excluding carboxylic acids is 1. The van der Waals surface area contributed by atoms with Crippen molar-refractivity contribution in [2.24, 2.45) is 0 Å². The number of ether oxygens (including phenoxy) is 2. The SMILES string of the molecule is CCC1(Nc2ccc(CCNC)cc2)C2C(=O)N1c1cc(OC)c(OC)cc12. The van der Waals surface area contributed by atoms with Crippen LogP contribution < -0.4 is 25.0 Å². The molecule has 0 aliphatic carbocycles. The Morgan fingerprint density at radius 1 is 1.11 bits per heavy atom. The molecule has 6 heteroatoms. The number of hydrogen-bond acceptors (Lipinski definition) is 5. The molecule has 1 amide bonds. The highest BCUT2D eigenvalue weighted by Crippen LogP contribution is 2.60. The summed E-state index contributed by atoms with van der Waals surface area (Å²) in [5.74, 6) is 1.21. The lowest BCUT2D eigenvalue weighted by Crippen LogP contribution is -2.69. The number of likely N-dealkylation sites (N-methyl/N-ethyl adjacent to an activating group) is 1. The number of anilines is 2. The van der Waals surface area contributed by atoms with Crippen molar-refractivity contribution >= 4 is 17.3 Å². The number of methoxy groups -OCH3 is 2. The van der Waals surface area contributed by atoms with Gasteiger partial charge in [-0.3, -0.25) is 9.69 Å². The number of carbonyl (C=O) groups is 1. The second kappa shape index (κ2) is 7.02. The second-order valence-corrected chi connectivity index (χ2v) is 7.33. The molecule has 2 N–H and O–H groups in total. The Morgan fingerprint density at radius 2 is 1.79 bits per heavy atom. The predicted molar refractivity (Wildman–Crippen MR) is 110 cm³/mol. The van der Waals surface area contributed by atoms with E-state index in [1.54, 1.807) is 14.2 Å². The van der Waals surface area contributed by atoms with Gasteiger partial charge in [-0.15, -0.1) is 0 Å². The summed E-state index contributed by atoms with van der Waals surface area (Å²) in [4.78, 5) is 14.7. The van der Waals surface area contributed by atoms with E-state index in [0.29, 0.717) is 11.5 Å². The van der Waals surface area contributed by atoms with Crippen LogP contribution in [0.25, 0.3) is 0 Å². The van der Waals surface area contributed by atoms with E-state index in [1.807, 2.05) is 24.1 Å². The maximum atomic E-state index is 12.8. The van der Waals surface area contributed by atoms with Crippen molar-refractivity contribution in [2.45, 2.75) is 31.3 Å². The molecule has 148 valence electrons. The van der Waals surface area contributed by atoms with E-state index in [1.165, 1.54) is 5.56 Å². The molecule has 0 aromatic heterocycles. The summed E-state index contributed by atoms with van der Waals surface area (Å²) in [6.07, 6.45) is 1.79. The molecule has 0 radical (unpaired) electrons. The lowest BCUT2D eigenvalue weighted by molar-refractivity contribution is -0.128. The fourth-order valence-electron chi connectivity index (χ4n) is 4.48. The van der Waals surface area contributed by atoms with Gasteiger partial charge in [-0.25, -0.2) is 0 Å². The molecule has 2 aromatic rings. The zero-order valence-corrected chi connectivity index (χ0v) is 16.8. The van der Waals surface area contributed by atoms with E-state index in [0.717, 1.165) is 36.3 Å².